The normalized spacial score (nSPS) is 20.0. The number of anilines is 1. The van der Waals surface area contributed by atoms with Gasteiger partial charge in [-0.15, -0.1) is 0 Å². The van der Waals surface area contributed by atoms with Gasteiger partial charge in [-0.2, -0.15) is 0 Å². The summed E-state index contributed by atoms with van der Waals surface area (Å²) in [6, 6.07) is 0.360. The van der Waals surface area contributed by atoms with E-state index in [0.29, 0.717) is 24.0 Å². The van der Waals surface area contributed by atoms with E-state index in [4.69, 9.17) is 0 Å². The van der Waals surface area contributed by atoms with Crippen molar-refractivity contribution < 1.29 is 4.79 Å². The Balaban J connectivity index is 1.40. The van der Waals surface area contributed by atoms with Gasteiger partial charge in [0.15, 0.2) is 5.82 Å². The summed E-state index contributed by atoms with van der Waals surface area (Å²) in [7, 11) is 0. The summed E-state index contributed by atoms with van der Waals surface area (Å²) >= 11 is 0. The highest BCUT2D eigenvalue weighted by Gasteiger charge is 2.32. The zero-order chi connectivity index (χ0) is 25.7. The third-order valence-electron chi connectivity index (χ3n) is 6.82. The molecule has 7 heteroatoms. The van der Waals surface area contributed by atoms with Crippen LogP contribution in [0.15, 0.2) is 88.8 Å². The standard InChI is InChI=1S/C29H34N6O/c1-20(9-10-23-22(3)25(11-13-29(23,4)5)35-16-15-30-19-35)7-6-8-21(2)17-26(36)34-28-27-24(12-14-31-27)32-18-33-28/h6-10,14-19,25H,11-13H2,1-5H3,(H,32,33,34,36)/b8-6+,10-9+,20-7+,21-17+. The lowest BCUT2D eigenvalue weighted by Gasteiger charge is -2.37. The van der Waals surface area contributed by atoms with Gasteiger partial charge in [-0.25, -0.2) is 15.0 Å². The van der Waals surface area contributed by atoms with Crippen molar-refractivity contribution in [3.63, 3.8) is 0 Å². The van der Waals surface area contributed by atoms with E-state index in [1.807, 2.05) is 37.8 Å². The molecule has 7 nitrogen and oxygen atoms in total. The Hall–Kier alpha value is -3.87. The van der Waals surface area contributed by atoms with E-state index in [2.05, 4.69) is 75.8 Å². The molecule has 0 fully saturated rings. The molecular weight excluding hydrogens is 448 g/mol. The van der Waals surface area contributed by atoms with Gasteiger partial charge in [-0.3, -0.25) is 9.79 Å². The fraction of sp³-hybridized carbons (Fsp3) is 0.345. The van der Waals surface area contributed by atoms with Gasteiger partial charge in [0.25, 0.3) is 0 Å². The Morgan fingerprint density at radius 3 is 2.81 bits per heavy atom. The van der Waals surface area contributed by atoms with Crippen molar-refractivity contribution in [2.75, 3.05) is 5.32 Å². The van der Waals surface area contributed by atoms with E-state index in [1.54, 1.807) is 12.3 Å². The number of hydrogen-bond acceptors (Lipinski definition) is 5. The van der Waals surface area contributed by atoms with E-state index in [1.165, 1.54) is 17.5 Å². The van der Waals surface area contributed by atoms with Crippen LogP contribution in [0.2, 0.25) is 0 Å². The van der Waals surface area contributed by atoms with Crippen LogP contribution in [0.25, 0.3) is 0 Å². The average molecular weight is 483 g/mol. The Morgan fingerprint density at radius 1 is 1.19 bits per heavy atom. The number of carbonyl (C=O) groups is 1. The van der Waals surface area contributed by atoms with Gasteiger partial charge in [0, 0.05) is 31.1 Å². The molecule has 0 saturated carbocycles. The molecule has 1 aliphatic heterocycles. The highest BCUT2D eigenvalue weighted by molar-refractivity contribution is 6.01. The van der Waals surface area contributed by atoms with Gasteiger partial charge in [0.1, 0.15) is 12.0 Å². The number of aliphatic imine (C=N–C) groups is 1. The summed E-state index contributed by atoms with van der Waals surface area (Å²) < 4.78 is 2.21. The lowest BCUT2D eigenvalue weighted by atomic mass is 9.71. The number of fused-ring (bicyclic) bond motifs is 1. The van der Waals surface area contributed by atoms with Crippen LogP contribution >= 0.6 is 0 Å². The van der Waals surface area contributed by atoms with Crippen LogP contribution in [-0.2, 0) is 11.2 Å². The van der Waals surface area contributed by atoms with Crippen LogP contribution in [0.5, 0.6) is 0 Å². The van der Waals surface area contributed by atoms with Crippen molar-refractivity contribution in [1.82, 2.24) is 19.5 Å². The zero-order valence-electron chi connectivity index (χ0n) is 21.7. The number of amides is 1. The maximum Gasteiger partial charge on any atom is 0.249 e. The molecule has 2 aliphatic rings. The molecule has 2 aromatic heterocycles. The molecule has 2 aromatic rings. The third-order valence-corrected chi connectivity index (χ3v) is 6.82. The average Bonchev–Trinajstić information content (AvgIpc) is 3.51. The van der Waals surface area contributed by atoms with Crippen LogP contribution in [0.4, 0.5) is 11.5 Å². The highest BCUT2D eigenvalue weighted by Crippen LogP contribution is 2.45. The van der Waals surface area contributed by atoms with E-state index in [0.717, 1.165) is 29.7 Å². The topological polar surface area (TPSA) is 85.1 Å². The Labute approximate surface area is 213 Å². The molecule has 1 atom stereocenters. The monoisotopic (exact) mass is 482 g/mol. The second-order valence-electron chi connectivity index (χ2n) is 10.1. The quantitative estimate of drug-likeness (QED) is 0.373. The second-order valence-corrected chi connectivity index (χ2v) is 10.1. The first-order valence-electron chi connectivity index (χ1n) is 12.3. The van der Waals surface area contributed by atoms with Crippen LogP contribution in [-0.4, -0.2) is 31.6 Å². The summed E-state index contributed by atoms with van der Waals surface area (Å²) in [5.41, 5.74) is 6.36. The number of carbonyl (C=O) groups excluding carboxylic acids is 1. The zero-order valence-corrected chi connectivity index (χ0v) is 21.7. The lowest BCUT2D eigenvalue weighted by molar-refractivity contribution is -0.112. The third kappa shape index (κ3) is 5.85. The second kappa shape index (κ2) is 10.8. The first-order chi connectivity index (χ1) is 17.2. The van der Waals surface area contributed by atoms with Crippen molar-refractivity contribution in [2.24, 2.45) is 10.4 Å². The molecule has 1 amide bonds. The van der Waals surface area contributed by atoms with Crippen LogP contribution < -0.4 is 5.32 Å². The minimum Gasteiger partial charge on any atom is -0.330 e. The molecule has 4 rings (SSSR count). The molecule has 3 heterocycles. The summed E-state index contributed by atoms with van der Waals surface area (Å²) in [4.78, 5) is 29.3. The summed E-state index contributed by atoms with van der Waals surface area (Å²) in [5.74, 6) is 0.202. The van der Waals surface area contributed by atoms with E-state index >= 15 is 0 Å². The molecule has 0 spiro atoms. The molecule has 186 valence electrons. The fourth-order valence-electron chi connectivity index (χ4n) is 4.79. The minimum absolute atomic E-state index is 0.134. The molecule has 0 saturated heterocycles. The van der Waals surface area contributed by atoms with Gasteiger partial charge < -0.3 is 9.88 Å². The summed E-state index contributed by atoms with van der Waals surface area (Å²) in [6.45, 7) is 10.9. The van der Waals surface area contributed by atoms with Crippen LogP contribution in [0, 0.1) is 5.41 Å². The van der Waals surface area contributed by atoms with Gasteiger partial charge in [-0.05, 0) is 55.7 Å². The number of nitrogens with one attached hydrogen (secondary N) is 1. The van der Waals surface area contributed by atoms with Crippen molar-refractivity contribution in [1.29, 1.82) is 0 Å². The maximum absolute atomic E-state index is 12.4. The molecule has 0 aromatic carbocycles. The first-order valence-corrected chi connectivity index (χ1v) is 12.3. The predicted octanol–water partition coefficient (Wildman–Crippen LogP) is 6.25. The summed E-state index contributed by atoms with van der Waals surface area (Å²) in [6.07, 6.45) is 23.9. The number of nitrogens with zero attached hydrogens (tertiary/aromatic N) is 5. The van der Waals surface area contributed by atoms with Crippen molar-refractivity contribution >= 4 is 23.6 Å². The maximum atomic E-state index is 12.4. The number of hydrogen-bond donors (Lipinski definition) is 1. The minimum atomic E-state index is -0.241. The number of aromatic nitrogens is 4. The van der Waals surface area contributed by atoms with Crippen LogP contribution in [0.1, 0.15) is 59.2 Å². The van der Waals surface area contributed by atoms with Crippen molar-refractivity contribution in [3.05, 3.63) is 89.5 Å². The molecule has 1 N–H and O–H groups in total. The van der Waals surface area contributed by atoms with Gasteiger partial charge in [-0.1, -0.05) is 49.8 Å². The summed E-state index contributed by atoms with van der Waals surface area (Å²) in [5, 5.41) is 2.80. The van der Waals surface area contributed by atoms with Crippen LogP contribution in [0.3, 0.4) is 0 Å². The smallest absolute Gasteiger partial charge is 0.249 e. The number of imidazole rings is 1. The van der Waals surface area contributed by atoms with E-state index < -0.39 is 0 Å². The Morgan fingerprint density at radius 2 is 2.03 bits per heavy atom. The predicted molar refractivity (Wildman–Crippen MR) is 145 cm³/mol. The van der Waals surface area contributed by atoms with Crippen molar-refractivity contribution in [3.8, 4) is 0 Å². The lowest BCUT2D eigenvalue weighted by Crippen LogP contribution is -2.25. The van der Waals surface area contributed by atoms with Crippen molar-refractivity contribution in [2.45, 2.75) is 59.9 Å². The fourth-order valence-corrected chi connectivity index (χ4v) is 4.79. The molecule has 1 aliphatic carbocycles. The number of allylic oxidation sites excluding steroid dienone is 9. The largest absolute Gasteiger partial charge is 0.330 e. The highest BCUT2D eigenvalue weighted by atomic mass is 16.1. The molecule has 0 radical (unpaired) electrons. The van der Waals surface area contributed by atoms with E-state index in [-0.39, 0.29) is 11.3 Å². The SMILES string of the molecule is CC1=C(/C=C/C(C)=C/C=C/C(C)=C/C(=O)Nc2ncnc3c2N=CC3)C(C)(C)CCC1n1ccnc1. The Bertz CT molecular complexity index is 1310. The molecule has 36 heavy (non-hydrogen) atoms. The first kappa shape index (κ1) is 25.2. The van der Waals surface area contributed by atoms with E-state index in [9.17, 15) is 4.79 Å². The molecular formula is C29H34N6O. The Kier molecular flexibility index (Phi) is 7.58. The molecule has 1 unspecified atom stereocenters. The molecule has 0 bridgehead atoms. The van der Waals surface area contributed by atoms with Gasteiger partial charge >= 0.3 is 0 Å². The van der Waals surface area contributed by atoms with Gasteiger partial charge in [0.2, 0.25) is 5.91 Å². The van der Waals surface area contributed by atoms with Gasteiger partial charge in [0.05, 0.1) is 18.1 Å². The number of rotatable bonds is 7.